The van der Waals surface area contributed by atoms with E-state index in [-0.39, 0.29) is 23.1 Å². The van der Waals surface area contributed by atoms with Gasteiger partial charge in [-0.25, -0.2) is 0 Å². The second kappa shape index (κ2) is 8.21. The van der Waals surface area contributed by atoms with Gasteiger partial charge >= 0.3 is 0 Å². The van der Waals surface area contributed by atoms with Crippen molar-refractivity contribution in [3.05, 3.63) is 35.4 Å². The van der Waals surface area contributed by atoms with Gasteiger partial charge in [-0.05, 0) is 29.5 Å². The highest BCUT2D eigenvalue weighted by molar-refractivity contribution is 5.89. The molecule has 0 bridgehead atoms. The molecule has 2 amide bonds. The summed E-state index contributed by atoms with van der Waals surface area (Å²) < 4.78 is 0. The number of hydrogen-bond donors (Lipinski definition) is 1. The molecule has 5 nitrogen and oxygen atoms in total. The summed E-state index contributed by atoms with van der Waals surface area (Å²) in [6.45, 7) is 9.63. The average Bonchev–Trinajstić information content (AvgIpc) is 2.64. The predicted octanol–water partition coefficient (Wildman–Crippen LogP) is 2.43. The Morgan fingerprint density at radius 1 is 1.31 bits per heavy atom. The van der Waals surface area contributed by atoms with Gasteiger partial charge in [0.1, 0.15) is 6.04 Å². The van der Waals surface area contributed by atoms with Crippen LogP contribution in [0.5, 0.6) is 0 Å². The summed E-state index contributed by atoms with van der Waals surface area (Å²) in [6, 6.07) is 7.65. The number of hydrogen-bond acceptors (Lipinski definition) is 3. The fraction of sp³-hybridized carbons (Fsp3) is 0.619. The molecular weight excluding hydrogens is 326 g/mol. The zero-order valence-electron chi connectivity index (χ0n) is 16.8. The topological polar surface area (TPSA) is 66.6 Å². The molecule has 0 radical (unpaired) electrons. The van der Waals surface area contributed by atoms with Gasteiger partial charge in [0.15, 0.2) is 0 Å². The van der Waals surface area contributed by atoms with Crippen molar-refractivity contribution in [2.24, 2.45) is 17.1 Å². The maximum Gasteiger partial charge on any atom is 0.245 e. The molecule has 0 saturated carbocycles. The third-order valence-corrected chi connectivity index (χ3v) is 5.44. The van der Waals surface area contributed by atoms with Crippen LogP contribution < -0.4 is 5.73 Å². The number of likely N-dealkylation sites (N-methyl/N-ethyl adjacent to an activating group) is 1. The van der Waals surface area contributed by atoms with E-state index in [2.05, 4.69) is 19.9 Å². The van der Waals surface area contributed by atoms with Crippen molar-refractivity contribution < 1.29 is 9.59 Å². The van der Waals surface area contributed by atoms with Crippen LogP contribution in [0.15, 0.2) is 24.3 Å². The van der Waals surface area contributed by atoms with Crippen LogP contribution in [0.2, 0.25) is 0 Å². The molecule has 0 saturated heterocycles. The number of fused-ring (bicyclic) bond motifs is 1. The molecule has 0 fully saturated rings. The zero-order valence-corrected chi connectivity index (χ0v) is 16.8. The number of carbonyl (C=O) groups is 2. The van der Waals surface area contributed by atoms with Crippen molar-refractivity contribution in [1.29, 1.82) is 0 Å². The Bertz CT molecular complexity index is 656. The van der Waals surface area contributed by atoms with Crippen LogP contribution in [-0.2, 0) is 22.6 Å². The number of nitrogens with two attached hydrogens (primary N) is 1. The van der Waals surface area contributed by atoms with E-state index >= 15 is 0 Å². The summed E-state index contributed by atoms with van der Waals surface area (Å²) in [5.74, 6) is -0.0223. The van der Waals surface area contributed by atoms with Gasteiger partial charge in [0, 0.05) is 32.5 Å². The van der Waals surface area contributed by atoms with E-state index < -0.39 is 6.04 Å². The molecule has 1 aliphatic rings. The van der Waals surface area contributed by atoms with Crippen molar-refractivity contribution in [3.63, 3.8) is 0 Å². The lowest BCUT2D eigenvalue weighted by atomic mass is 9.90. The maximum atomic E-state index is 13.2. The lowest BCUT2D eigenvalue weighted by Gasteiger charge is -2.40. The maximum absolute atomic E-state index is 13.2. The minimum absolute atomic E-state index is 0.00215. The smallest absolute Gasteiger partial charge is 0.245 e. The first-order chi connectivity index (χ1) is 12.2. The van der Waals surface area contributed by atoms with Crippen LogP contribution in [-0.4, -0.2) is 47.8 Å². The van der Waals surface area contributed by atoms with Crippen LogP contribution in [0.4, 0.5) is 0 Å². The quantitative estimate of drug-likeness (QED) is 0.848. The Kier molecular flexibility index (Phi) is 6.45. The number of carbonyl (C=O) groups excluding carboxylic acids is 2. The van der Waals surface area contributed by atoms with Gasteiger partial charge in [-0.15, -0.1) is 0 Å². The summed E-state index contributed by atoms with van der Waals surface area (Å²) >= 11 is 0. The SMILES string of the molecule is CCC(C)C(=O)N1Cc2ccccc2CC1C(=O)N(C)CC(C)(C)CN. The minimum Gasteiger partial charge on any atom is -0.343 e. The van der Waals surface area contributed by atoms with Crippen LogP contribution in [0.3, 0.4) is 0 Å². The van der Waals surface area contributed by atoms with E-state index in [0.29, 0.717) is 26.1 Å². The number of amides is 2. The number of nitrogens with zero attached hydrogens (tertiary/aromatic N) is 2. The molecule has 144 valence electrons. The molecule has 1 aromatic rings. The van der Waals surface area contributed by atoms with Gasteiger partial charge < -0.3 is 15.5 Å². The molecule has 0 aliphatic carbocycles. The second-order valence-electron chi connectivity index (χ2n) is 8.33. The highest BCUT2D eigenvalue weighted by Crippen LogP contribution is 2.27. The molecule has 1 aromatic carbocycles. The molecule has 26 heavy (non-hydrogen) atoms. The number of benzene rings is 1. The molecule has 5 heteroatoms. The van der Waals surface area contributed by atoms with Gasteiger partial charge in [0.05, 0.1) is 0 Å². The lowest BCUT2D eigenvalue weighted by Crippen LogP contribution is -2.55. The molecular formula is C21H33N3O2. The average molecular weight is 360 g/mol. The molecule has 2 atom stereocenters. The van der Waals surface area contributed by atoms with Gasteiger partial charge in [0.25, 0.3) is 0 Å². The minimum atomic E-state index is -0.440. The lowest BCUT2D eigenvalue weighted by molar-refractivity contribution is -0.149. The molecule has 2 rings (SSSR count). The second-order valence-corrected chi connectivity index (χ2v) is 8.33. The number of rotatable bonds is 6. The summed E-state index contributed by atoms with van der Waals surface area (Å²) in [5, 5.41) is 0. The Labute approximate surface area is 157 Å². The summed E-state index contributed by atoms with van der Waals surface area (Å²) in [6.07, 6.45) is 1.35. The third-order valence-electron chi connectivity index (χ3n) is 5.44. The van der Waals surface area contributed by atoms with Crippen molar-refractivity contribution >= 4 is 11.8 Å². The Morgan fingerprint density at radius 3 is 2.50 bits per heavy atom. The van der Waals surface area contributed by atoms with Crippen molar-refractivity contribution in [2.75, 3.05) is 20.1 Å². The van der Waals surface area contributed by atoms with E-state index in [1.807, 2.05) is 39.1 Å². The molecule has 1 aliphatic heterocycles. The monoisotopic (exact) mass is 359 g/mol. The first-order valence-corrected chi connectivity index (χ1v) is 9.52. The van der Waals surface area contributed by atoms with Crippen molar-refractivity contribution in [3.8, 4) is 0 Å². The fourth-order valence-electron chi connectivity index (χ4n) is 3.47. The van der Waals surface area contributed by atoms with Crippen molar-refractivity contribution in [1.82, 2.24) is 9.80 Å². The summed E-state index contributed by atoms with van der Waals surface area (Å²) in [4.78, 5) is 29.7. The fourth-order valence-corrected chi connectivity index (χ4v) is 3.47. The Hall–Kier alpha value is -1.88. The van der Waals surface area contributed by atoms with Crippen LogP contribution in [0.25, 0.3) is 0 Å². The van der Waals surface area contributed by atoms with Crippen molar-refractivity contribution in [2.45, 2.75) is 53.1 Å². The van der Waals surface area contributed by atoms with E-state index in [9.17, 15) is 9.59 Å². The molecule has 0 spiro atoms. The van der Waals surface area contributed by atoms with Crippen LogP contribution in [0.1, 0.15) is 45.2 Å². The standard InChI is InChI=1S/C21H33N3O2/c1-6-15(2)19(25)24-12-17-10-8-7-9-16(17)11-18(24)20(26)23(5)14-21(3,4)13-22/h7-10,15,18H,6,11-14,22H2,1-5H3. The first kappa shape index (κ1) is 20.4. The van der Waals surface area contributed by atoms with Gasteiger partial charge in [-0.1, -0.05) is 52.0 Å². The Balaban J connectivity index is 2.29. The highest BCUT2D eigenvalue weighted by atomic mass is 16.2. The molecule has 2 unspecified atom stereocenters. The summed E-state index contributed by atoms with van der Waals surface area (Å²) in [7, 11) is 1.81. The van der Waals surface area contributed by atoms with E-state index in [0.717, 1.165) is 17.5 Å². The molecule has 1 heterocycles. The van der Waals surface area contributed by atoms with Gasteiger partial charge in [-0.2, -0.15) is 0 Å². The third kappa shape index (κ3) is 4.44. The highest BCUT2D eigenvalue weighted by Gasteiger charge is 2.37. The predicted molar refractivity (Wildman–Crippen MR) is 104 cm³/mol. The Morgan fingerprint density at radius 2 is 1.92 bits per heavy atom. The molecule has 0 aromatic heterocycles. The first-order valence-electron chi connectivity index (χ1n) is 9.52. The van der Waals surface area contributed by atoms with Crippen LogP contribution in [0, 0.1) is 11.3 Å². The molecule has 2 N–H and O–H groups in total. The van der Waals surface area contributed by atoms with Crippen LogP contribution >= 0.6 is 0 Å². The largest absolute Gasteiger partial charge is 0.343 e. The van der Waals surface area contributed by atoms with E-state index in [1.165, 1.54) is 0 Å². The summed E-state index contributed by atoms with van der Waals surface area (Å²) in [5.41, 5.74) is 7.97. The van der Waals surface area contributed by atoms with E-state index in [4.69, 9.17) is 5.73 Å². The normalized spacial score (nSPS) is 18.2. The van der Waals surface area contributed by atoms with Gasteiger partial charge in [0.2, 0.25) is 11.8 Å². The zero-order chi connectivity index (χ0) is 19.5. The van der Waals surface area contributed by atoms with Gasteiger partial charge in [-0.3, -0.25) is 9.59 Å². The van der Waals surface area contributed by atoms with E-state index in [1.54, 1.807) is 9.80 Å².